The second-order valence-electron chi connectivity index (χ2n) is 11.4. The summed E-state index contributed by atoms with van der Waals surface area (Å²) in [5, 5.41) is 10.8. The van der Waals surface area contributed by atoms with Crippen molar-refractivity contribution in [2.24, 2.45) is 17.8 Å². The van der Waals surface area contributed by atoms with E-state index >= 15 is 0 Å². The molecule has 1 heterocycles. The maximum atomic E-state index is 13.1. The van der Waals surface area contributed by atoms with Crippen LogP contribution in [0.3, 0.4) is 0 Å². The molecule has 0 radical (unpaired) electrons. The molecular formula is C26H46N4O6. The monoisotopic (exact) mass is 510 g/mol. The molecule has 0 aromatic rings. The molecule has 5 atom stereocenters. The zero-order chi connectivity index (χ0) is 27.8. The highest BCUT2D eigenvalue weighted by atomic mass is 16.6. The standard InChI is InChI=1S/C26H46N4O6/c1-14(2)10-19(22(32)26(9)13-36-26)29-23(33)17(7)27-24(34)21(12-16(5)6)30-25(35)20(11-15(3)4)28-18(8)31/h14-17,19-21H,10-13H2,1-9H3,(H,27,34)(H,28,31)(H,29,33)(H,30,35)/t17-,19-,20-,21-,26?/m0/s1. The second-order valence-corrected chi connectivity index (χ2v) is 11.4. The Kier molecular flexibility index (Phi) is 12.0. The lowest BCUT2D eigenvalue weighted by Crippen LogP contribution is -2.57. The van der Waals surface area contributed by atoms with Crippen LogP contribution in [0, 0.1) is 17.8 Å². The normalized spacial score (nSPS) is 20.3. The molecular weight excluding hydrogens is 464 g/mol. The van der Waals surface area contributed by atoms with Gasteiger partial charge in [-0.1, -0.05) is 41.5 Å². The molecule has 206 valence electrons. The number of carbonyl (C=O) groups excluding carboxylic acids is 5. The molecule has 0 saturated carbocycles. The zero-order valence-corrected chi connectivity index (χ0v) is 23.3. The van der Waals surface area contributed by atoms with Gasteiger partial charge in [-0.2, -0.15) is 0 Å². The number of ether oxygens (including phenoxy) is 1. The van der Waals surface area contributed by atoms with Gasteiger partial charge in [-0.25, -0.2) is 0 Å². The van der Waals surface area contributed by atoms with Crippen LogP contribution in [0.1, 0.15) is 81.6 Å². The molecule has 1 aliphatic rings. The molecule has 1 unspecified atom stereocenters. The van der Waals surface area contributed by atoms with Crippen molar-refractivity contribution in [3.8, 4) is 0 Å². The maximum absolute atomic E-state index is 13.1. The molecule has 0 aromatic heterocycles. The Labute approximate surface area is 215 Å². The van der Waals surface area contributed by atoms with Crippen molar-refractivity contribution in [3.05, 3.63) is 0 Å². The Morgan fingerprint density at radius 2 is 1.06 bits per heavy atom. The highest BCUT2D eigenvalue weighted by Gasteiger charge is 2.50. The number of ketones is 1. The number of hydrogen-bond acceptors (Lipinski definition) is 6. The summed E-state index contributed by atoms with van der Waals surface area (Å²) in [6.45, 7) is 16.5. The van der Waals surface area contributed by atoms with Crippen molar-refractivity contribution < 1.29 is 28.7 Å². The minimum atomic E-state index is -0.929. The molecule has 1 fully saturated rings. The van der Waals surface area contributed by atoms with E-state index in [0.717, 1.165) is 0 Å². The third-order valence-electron chi connectivity index (χ3n) is 5.93. The van der Waals surface area contributed by atoms with Gasteiger partial charge in [0.15, 0.2) is 5.78 Å². The van der Waals surface area contributed by atoms with Gasteiger partial charge in [0.2, 0.25) is 23.6 Å². The number of rotatable bonds is 15. The van der Waals surface area contributed by atoms with Gasteiger partial charge in [-0.05, 0) is 50.9 Å². The molecule has 1 rings (SSSR count). The minimum Gasteiger partial charge on any atom is -0.361 e. The first-order valence-electron chi connectivity index (χ1n) is 12.9. The minimum absolute atomic E-state index is 0.0850. The molecule has 0 bridgehead atoms. The van der Waals surface area contributed by atoms with Gasteiger partial charge in [-0.15, -0.1) is 0 Å². The summed E-state index contributed by atoms with van der Waals surface area (Å²) in [7, 11) is 0. The van der Waals surface area contributed by atoms with E-state index in [2.05, 4.69) is 21.3 Å². The lowest BCUT2D eigenvalue weighted by molar-refractivity contribution is -0.135. The Morgan fingerprint density at radius 3 is 1.47 bits per heavy atom. The van der Waals surface area contributed by atoms with Crippen molar-refractivity contribution in [3.63, 3.8) is 0 Å². The number of carbonyl (C=O) groups is 5. The van der Waals surface area contributed by atoms with E-state index in [1.54, 1.807) is 6.92 Å². The Bertz CT molecular complexity index is 806. The Morgan fingerprint density at radius 1 is 0.667 bits per heavy atom. The van der Waals surface area contributed by atoms with E-state index in [-0.39, 0.29) is 29.4 Å². The van der Waals surface area contributed by atoms with Crippen LogP contribution in [0.25, 0.3) is 0 Å². The summed E-state index contributed by atoms with van der Waals surface area (Å²) in [5.41, 5.74) is -0.869. The van der Waals surface area contributed by atoms with Crippen LogP contribution in [0.5, 0.6) is 0 Å². The molecule has 4 N–H and O–H groups in total. The summed E-state index contributed by atoms with van der Waals surface area (Å²) in [6.07, 6.45) is 1.23. The van der Waals surface area contributed by atoms with Gasteiger partial charge in [-0.3, -0.25) is 24.0 Å². The smallest absolute Gasteiger partial charge is 0.243 e. The summed E-state index contributed by atoms with van der Waals surface area (Å²) in [5.74, 6) is -1.55. The van der Waals surface area contributed by atoms with E-state index in [0.29, 0.717) is 25.9 Å². The van der Waals surface area contributed by atoms with Crippen molar-refractivity contribution in [2.45, 2.75) is 111 Å². The van der Waals surface area contributed by atoms with E-state index in [1.165, 1.54) is 13.8 Å². The van der Waals surface area contributed by atoms with Crippen molar-refractivity contribution in [1.82, 2.24) is 21.3 Å². The summed E-state index contributed by atoms with van der Waals surface area (Å²) in [6, 6.07) is -3.30. The average Bonchev–Trinajstić information content (AvgIpc) is 3.48. The quantitative estimate of drug-likeness (QED) is 0.245. The zero-order valence-electron chi connectivity index (χ0n) is 23.3. The largest absolute Gasteiger partial charge is 0.361 e. The molecule has 1 aliphatic heterocycles. The van der Waals surface area contributed by atoms with Crippen LogP contribution >= 0.6 is 0 Å². The van der Waals surface area contributed by atoms with Crippen molar-refractivity contribution in [1.29, 1.82) is 0 Å². The second kappa shape index (κ2) is 13.7. The molecule has 36 heavy (non-hydrogen) atoms. The highest BCUT2D eigenvalue weighted by Crippen LogP contribution is 2.29. The van der Waals surface area contributed by atoms with Gasteiger partial charge in [0.1, 0.15) is 23.7 Å². The fourth-order valence-electron chi connectivity index (χ4n) is 3.92. The van der Waals surface area contributed by atoms with Crippen LogP contribution in [0.4, 0.5) is 0 Å². The summed E-state index contributed by atoms with van der Waals surface area (Å²) in [4.78, 5) is 63.3. The van der Waals surface area contributed by atoms with Gasteiger partial charge in [0, 0.05) is 6.92 Å². The Hall–Kier alpha value is -2.49. The number of epoxide rings is 1. The number of hydrogen-bond donors (Lipinski definition) is 4. The molecule has 10 heteroatoms. The molecule has 0 aromatic carbocycles. The number of Topliss-reactive ketones (excluding diaryl/α,β-unsaturated/α-hetero) is 1. The lowest BCUT2D eigenvalue weighted by Gasteiger charge is -2.27. The predicted molar refractivity (Wildman–Crippen MR) is 137 cm³/mol. The van der Waals surface area contributed by atoms with Crippen LogP contribution in [0.15, 0.2) is 0 Å². The topological polar surface area (TPSA) is 146 Å². The van der Waals surface area contributed by atoms with E-state index in [1.807, 2.05) is 41.5 Å². The molecule has 0 spiro atoms. The third kappa shape index (κ3) is 10.6. The van der Waals surface area contributed by atoms with Gasteiger partial charge >= 0.3 is 0 Å². The van der Waals surface area contributed by atoms with Crippen LogP contribution in [-0.2, 0) is 28.7 Å². The number of amides is 4. The van der Waals surface area contributed by atoms with E-state index < -0.39 is 47.5 Å². The van der Waals surface area contributed by atoms with Gasteiger partial charge < -0.3 is 26.0 Å². The fourth-order valence-corrected chi connectivity index (χ4v) is 3.92. The summed E-state index contributed by atoms with van der Waals surface area (Å²) < 4.78 is 5.26. The van der Waals surface area contributed by atoms with Gasteiger partial charge in [0.05, 0.1) is 12.6 Å². The SMILES string of the molecule is CC(=O)N[C@@H](CC(C)C)C(=O)N[C@@H](CC(C)C)C(=O)N[C@@H](C)C(=O)N[C@@H](CC(C)C)C(=O)C1(C)CO1. The van der Waals surface area contributed by atoms with Crippen LogP contribution in [0.2, 0.25) is 0 Å². The van der Waals surface area contributed by atoms with Crippen LogP contribution < -0.4 is 21.3 Å². The van der Waals surface area contributed by atoms with Crippen molar-refractivity contribution >= 4 is 29.4 Å². The van der Waals surface area contributed by atoms with Crippen molar-refractivity contribution in [2.75, 3.05) is 6.61 Å². The first kappa shape index (κ1) is 31.5. The lowest BCUT2D eigenvalue weighted by atomic mass is 9.93. The van der Waals surface area contributed by atoms with E-state index in [9.17, 15) is 24.0 Å². The molecule has 0 aliphatic carbocycles. The van der Waals surface area contributed by atoms with E-state index in [4.69, 9.17) is 4.74 Å². The first-order chi connectivity index (χ1) is 16.6. The summed E-state index contributed by atoms with van der Waals surface area (Å²) >= 11 is 0. The van der Waals surface area contributed by atoms with Gasteiger partial charge in [0.25, 0.3) is 0 Å². The molecule has 1 saturated heterocycles. The highest BCUT2D eigenvalue weighted by molar-refractivity contribution is 5.98. The number of nitrogens with one attached hydrogen (secondary N) is 4. The maximum Gasteiger partial charge on any atom is 0.243 e. The first-order valence-corrected chi connectivity index (χ1v) is 12.9. The van der Waals surface area contributed by atoms with Crippen LogP contribution in [-0.4, -0.2) is 65.8 Å². The Balaban J connectivity index is 2.88. The molecule has 10 nitrogen and oxygen atoms in total. The fraction of sp³-hybridized carbons (Fsp3) is 0.808. The molecule has 4 amide bonds. The predicted octanol–water partition coefficient (Wildman–Crippen LogP) is 1.46. The third-order valence-corrected chi connectivity index (χ3v) is 5.93. The average molecular weight is 511 g/mol.